The Morgan fingerprint density at radius 3 is 2.66 bits per heavy atom. The van der Waals surface area contributed by atoms with E-state index in [0.29, 0.717) is 18.7 Å². The van der Waals surface area contributed by atoms with Gasteiger partial charge in [0.15, 0.2) is 11.8 Å². The van der Waals surface area contributed by atoms with Gasteiger partial charge in [-0.25, -0.2) is 4.99 Å². The summed E-state index contributed by atoms with van der Waals surface area (Å²) in [5, 5.41) is 15.8. The number of aromatic nitrogens is 3. The van der Waals surface area contributed by atoms with E-state index >= 15 is 0 Å². The van der Waals surface area contributed by atoms with Crippen LogP contribution in [0.2, 0.25) is 0 Å². The van der Waals surface area contributed by atoms with Gasteiger partial charge < -0.3 is 24.7 Å². The van der Waals surface area contributed by atoms with Crippen molar-refractivity contribution in [2.45, 2.75) is 64.6 Å². The van der Waals surface area contributed by atoms with Gasteiger partial charge in [-0.2, -0.15) is 0 Å². The van der Waals surface area contributed by atoms with Crippen LogP contribution >= 0.6 is 24.0 Å². The van der Waals surface area contributed by atoms with Crippen molar-refractivity contribution in [1.82, 2.24) is 30.3 Å². The van der Waals surface area contributed by atoms with Crippen LogP contribution in [0.1, 0.15) is 50.7 Å². The molecule has 1 spiro atoms. The first-order chi connectivity index (χ1) is 15.1. The molecule has 9 nitrogen and oxygen atoms in total. The van der Waals surface area contributed by atoms with E-state index < -0.39 is 0 Å². The lowest BCUT2D eigenvalue weighted by molar-refractivity contribution is -0.125. The van der Waals surface area contributed by atoms with Gasteiger partial charge >= 0.3 is 0 Å². The Bertz CT molecular complexity index is 745. The number of nitrogens with one attached hydrogen (secondary N) is 2. The lowest BCUT2D eigenvalue weighted by Crippen LogP contribution is -2.65. The average Bonchev–Trinajstić information content (AvgIpc) is 3.42. The normalized spacial score (nSPS) is 25.4. The molecule has 0 amide bonds. The molecule has 1 aliphatic heterocycles. The molecular weight excluding hydrogens is 521 g/mol. The van der Waals surface area contributed by atoms with Crippen molar-refractivity contribution in [3.63, 3.8) is 0 Å². The minimum absolute atomic E-state index is 0. The molecule has 2 unspecified atom stereocenters. The smallest absolute Gasteiger partial charge is 0.191 e. The molecule has 1 aromatic heterocycles. The molecule has 0 bridgehead atoms. The van der Waals surface area contributed by atoms with Gasteiger partial charge in [-0.15, -0.1) is 34.2 Å². The van der Waals surface area contributed by atoms with Gasteiger partial charge in [0, 0.05) is 51.3 Å². The molecule has 2 heterocycles. The summed E-state index contributed by atoms with van der Waals surface area (Å²) in [5.41, 5.74) is 0.268. The van der Waals surface area contributed by atoms with Gasteiger partial charge in [0.1, 0.15) is 12.4 Å². The molecule has 2 atom stereocenters. The highest BCUT2D eigenvalue weighted by atomic mass is 127. The van der Waals surface area contributed by atoms with E-state index in [0.717, 1.165) is 70.0 Å². The van der Waals surface area contributed by atoms with Gasteiger partial charge in [0.25, 0.3) is 0 Å². The fourth-order valence-electron chi connectivity index (χ4n) is 5.30. The fraction of sp³-hybridized carbons (Fsp3) is 0.864. The molecular formula is C22H40IN7O2. The lowest BCUT2D eigenvalue weighted by atomic mass is 9.60. The zero-order chi connectivity index (χ0) is 21.7. The van der Waals surface area contributed by atoms with Crippen LogP contribution in [0.4, 0.5) is 0 Å². The van der Waals surface area contributed by atoms with Crippen LogP contribution < -0.4 is 10.6 Å². The Morgan fingerprint density at radius 2 is 2.00 bits per heavy atom. The van der Waals surface area contributed by atoms with Crippen molar-refractivity contribution in [3.8, 4) is 0 Å². The first kappa shape index (κ1) is 25.6. The van der Waals surface area contributed by atoms with Crippen LogP contribution in [0.15, 0.2) is 4.99 Å². The second-order valence-electron chi connectivity index (χ2n) is 9.08. The topological polar surface area (TPSA) is 88.8 Å². The summed E-state index contributed by atoms with van der Waals surface area (Å²) in [5.74, 6) is 2.66. The highest BCUT2D eigenvalue weighted by molar-refractivity contribution is 14.0. The van der Waals surface area contributed by atoms with Crippen LogP contribution in [0.5, 0.6) is 0 Å². The Hall–Kier alpha value is -0.980. The second kappa shape index (κ2) is 11.9. The lowest BCUT2D eigenvalue weighted by Gasteiger charge is -2.54. The van der Waals surface area contributed by atoms with Crippen LogP contribution in [0, 0.1) is 12.3 Å². The maximum atomic E-state index is 6.10. The highest BCUT2D eigenvalue weighted by Gasteiger charge is 2.57. The van der Waals surface area contributed by atoms with Crippen LogP contribution in [0.3, 0.4) is 0 Å². The molecule has 3 fully saturated rings. The van der Waals surface area contributed by atoms with Crippen molar-refractivity contribution in [1.29, 1.82) is 0 Å². The number of rotatable bonds is 8. The summed E-state index contributed by atoms with van der Waals surface area (Å²) in [4.78, 5) is 7.32. The first-order valence-electron chi connectivity index (χ1n) is 11.9. The van der Waals surface area contributed by atoms with Crippen molar-refractivity contribution in [3.05, 3.63) is 11.6 Å². The number of ether oxygens (including phenoxy) is 2. The third-order valence-corrected chi connectivity index (χ3v) is 7.38. The zero-order valence-electron chi connectivity index (χ0n) is 19.8. The maximum Gasteiger partial charge on any atom is 0.191 e. The van der Waals surface area contributed by atoms with E-state index in [2.05, 4.69) is 32.7 Å². The molecule has 32 heavy (non-hydrogen) atoms. The van der Waals surface area contributed by atoms with E-state index in [1.807, 2.05) is 18.5 Å². The molecule has 0 radical (unpaired) electrons. The van der Waals surface area contributed by atoms with E-state index in [9.17, 15) is 0 Å². The fourth-order valence-corrected chi connectivity index (χ4v) is 5.30. The minimum atomic E-state index is 0. The number of hydrogen-bond acceptors (Lipinski definition) is 6. The van der Waals surface area contributed by atoms with Gasteiger partial charge in [0.2, 0.25) is 0 Å². The van der Waals surface area contributed by atoms with Crippen LogP contribution in [0.25, 0.3) is 0 Å². The van der Waals surface area contributed by atoms with Crippen LogP contribution in [-0.2, 0) is 23.1 Å². The summed E-state index contributed by atoms with van der Waals surface area (Å²) >= 11 is 0. The molecule has 2 N–H and O–H groups in total. The third-order valence-electron chi connectivity index (χ3n) is 7.38. The van der Waals surface area contributed by atoms with Gasteiger partial charge in [-0.05, 0) is 33.1 Å². The predicted molar refractivity (Wildman–Crippen MR) is 135 cm³/mol. The molecule has 2 saturated carbocycles. The summed E-state index contributed by atoms with van der Waals surface area (Å²) in [6.45, 7) is 10.9. The summed E-state index contributed by atoms with van der Waals surface area (Å²) < 4.78 is 13.6. The maximum absolute atomic E-state index is 6.10. The average molecular weight is 562 g/mol. The van der Waals surface area contributed by atoms with Crippen molar-refractivity contribution in [2.75, 3.05) is 46.0 Å². The predicted octanol–water partition coefficient (Wildman–Crippen LogP) is 1.85. The number of morpholine rings is 1. The molecule has 3 aliphatic rings. The molecule has 10 heteroatoms. The van der Waals surface area contributed by atoms with E-state index in [1.54, 1.807) is 0 Å². The molecule has 1 aromatic rings. The van der Waals surface area contributed by atoms with Crippen molar-refractivity contribution >= 4 is 29.9 Å². The summed E-state index contributed by atoms with van der Waals surface area (Å²) in [6, 6.07) is 0.419. The number of halogens is 1. The Balaban J connectivity index is 0.00000289. The Morgan fingerprint density at radius 1 is 1.25 bits per heavy atom. The molecule has 1 saturated heterocycles. The highest BCUT2D eigenvalue weighted by Crippen LogP contribution is 2.54. The minimum Gasteiger partial charge on any atom is -0.379 e. The van der Waals surface area contributed by atoms with E-state index in [4.69, 9.17) is 14.5 Å². The van der Waals surface area contributed by atoms with Crippen LogP contribution in [-0.4, -0.2) is 83.8 Å². The van der Waals surface area contributed by atoms with Gasteiger partial charge in [-0.1, -0.05) is 12.8 Å². The zero-order valence-corrected chi connectivity index (χ0v) is 22.1. The standard InChI is InChI=1S/C22H39N7O2.HI/c1-4-31-19-15-18(22(19)7-5-6-8-22)25-21(23-9-10-29-11-13-30-14-12-29)24-16-20-27-26-17(2)28(20)3;/h18-19H,4-16H2,1-3H3,(H2,23,24,25);1H. The monoisotopic (exact) mass is 561 g/mol. The van der Waals surface area contributed by atoms with E-state index in [1.165, 1.54) is 25.7 Å². The molecule has 4 rings (SSSR count). The largest absolute Gasteiger partial charge is 0.379 e. The van der Waals surface area contributed by atoms with Gasteiger partial charge in [-0.3, -0.25) is 4.90 Å². The third kappa shape index (κ3) is 5.74. The van der Waals surface area contributed by atoms with Crippen molar-refractivity contribution < 1.29 is 9.47 Å². The number of aliphatic imine (C=N–C) groups is 1. The summed E-state index contributed by atoms with van der Waals surface area (Å²) in [7, 11) is 1.99. The van der Waals surface area contributed by atoms with Crippen molar-refractivity contribution in [2.24, 2.45) is 17.5 Å². The number of hydrogen-bond donors (Lipinski definition) is 2. The Kier molecular flexibility index (Phi) is 9.56. The SMILES string of the molecule is CCOC1CC(NC(=NCc2nnc(C)n2C)NCCN2CCOCC2)C12CCCC2.I. The van der Waals surface area contributed by atoms with Gasteiger partial charge in [0.05, 0.1) is 19.3 Å². The number of guanidine groups is 1. The Labute approximate surface area is 209 Å². The first-order valence-corrected chi connectivity index (χ1v) is 11.9. The molecule has 2 aliphatic carbocycles. The number of nitrogens with zero attached hydrogens (tertiary/aromatic N) is 5. The quantitative estimate of drug-likeness (QED) is 0.285. The number of aryl methyl sites for hydroxylation is 1. The molecule has 0 aromatic carbocycles. The second-order valence-corrected chi connectivity index (χ2v) is 9.08. The summed E-state index contributed by atoms with van der Waals surface area (Å²) in [6.07, 6.45) is 6.54. The van der Waals surface area contributed by atoms with E-state index in [-0.39, 0.29) is 29.4 Å². The molecule has 182 valence electrons.